The fraction of sp³-hybridized carbons (Fsp3) is 0.423. The van der Waals surface area contributed by atoms with Crippen molar-refractivity contribution in [1.82, 2.24) is 30.3 Å². The average molecular weight is 574 g/mol. The van der Waals surface area contributed by atoms with Crippen molar-refractivity contribution in [3.8, 4) is 0 Å². The highest BCUT2D eigenvalue weighted by Gasteiger charge is 2.23. The van der Waals surface area contributed by atoms with E-state index in [4.69, 9.17) is 4.99 Å². The summed E-state index contributed by atoms with van der Waals surface area (Å²) in [5, 5.41) is 15.7. The molecule has 0 bridgehead atoms. The molecule has 3 aromatic rings. The fourth-order valence-electron chi connectivity index (χ4n) is 4.30. The predicted molar refractivity (Wildman–Crippen MR) is 148 cm³/mol. The van der Waals surface area contributed by atoms with Crippen LogP contribution >= 0.6 is 24.0 Å². The highest BCUT2D eigenvalue weighted by molar-refractivity contribution is 14.0. The fourth-order valence-corrected chi connectivity index (χ4v) is 4.30. The van der Waals surface area contributed by atoms with Crippen LogP contribution in [0, 0.1) is 6.92 Å². The molecule has 1 aromatic heterocycles. The van der Waals surface area contributed by atoms with Gasteiger partial charge in [-0.3, -0.25) is 4.90 Å². The van der Waals surface area contributed by atoms with Gasteiger partial charge in [-0.05, 0) is 50.9 Å². The van der Waals surface area contributed by atoms with Gasteiger partial charge in [-0.25, -0.2) is 4.99 Å². The quantitative estimate of drug-likeness (QED) is 0.238. The largest absolute Gasteiger partial charge is 0.354 e. The van der Waals surface area contributed by atoms with E-state index in [2.05, 4.69) is 87.3 Å². The number of guanidine groups is 1. The van der Waals surface area contributed by atoms with Crippen molar-refractivity contribution in [2.75, 3.05) is 19.6 Å². The minimum atomic E-state index is 0. The van der Waals surface area contributed by atoms with Crippen molar-refractivity contribution in [1.29, 1.82) is 0 Å². The van der Waals surface area contributed by atoms with Crippen molar-refractivity contribution < 1.29 is 0 Å². The maximum absolute atomic E-state index is 4.88. The highest BCUT2D eigenvalue weighted by Crippen LogP contribution is 2.24. The second kappa shape index (κ2) is 12.9. The minimum Gasteiger partial charge on any atom is -0.354 e. The van der Waals surface area contributed by atoms with Gasteiger partial charge in [0, 0.05) is 13.6 Å². The molecule has 1 fully saturated rings. The summed E-state index contributed by atoms with van der Waals surface area (Å²) in [6, 6.07) is 21.7. The van der Waals surface area contributed by atoms with E-state index in [1.165, 1.54) is 24.0 Å². The Morgan fingerprint density at radius 3 is 2.18 bits per heavy atom. The summed E-state index contributed by atoms with van der Waals surface area (Å²) in [5.74, 6) is 2.52. The molecule has 7 nitrogen and oxygen atoms in total. The molecule has 0 radical (unpaired) electrons. The molecule has 1 saturated heterocycles. The molecule has 2 unspecified atom stereocenters. The first-order valence-electron chi connectivity index (χ1n) is 11.9. The lowest BCUT2D eigenvalue weighted by atomic mass is 10.1. The van der Waals surface area contributed by atoms with Gasteiger partial charge in [0.05, 0.1) is 12.1 Å². The van der Waals surface area contributed by atoms with E-state index in [1.54, 1.807) is 0 Å². The number of aliphatic imine (C=N–C) groups is 1. The van der Waals surface area contributed by atoms with Crippen LogP contribution in [0.3, 0.4) is 0 Å². The number of halogens is 1. The molecule has 2 atom stereocenters. The smallest absolute Gasteiger partial charge is 0.192 e. The predicted octanol–water partition coefficient (Wildman–Crippen LogP) is 4.38. The van der Waals surface area contributed by atoms with Gasteiger partial charge in [0.2, 0.25) is 0 Å². The van der Waals surface area contributed by atoms with Gasteiger partial charge in [0.15, 0.2) is 11.8 Å². The van der Waals surface area contributed by atoms with E-state index in [0.29, 0.717) is 12.6 Å². The minimum absolute atomic E-state index is 0. The SMILES string of the molecule is Cc1nnc(CN=C(NCC(c2ccccc2)N2CCCC2)NC(C)c2ccccc2)n1C.I. The first-order chi connectivity index (χ1) is 16.1. The molecule has 182 valence electrons. The standard InChI is InChI=1S/C26H35N7.HI/c1-20(22-12-6-4-7-13-22)29-26(28-19-25-31-30-21(2)32(25)3)27-18-24(33-16-10-11-17-33)23-14-8-5-9-15-23;/h4-9,12-15,20,24H,10-11,16-19H2,1-3H3,(H2,27,28,29);1H. The van der Waals surface area contributed by atoms with Gasteiger partial charge in [-0.2, -0.15) is 0 Å². The van der Waals surface area contributed by atoms with Gasteiger partial charge in [-0.1, -0.05) is 60.7 Å². The Morgan fingerprint density at radius 2 is 1.59 bits per heavy atom. The van der Waals surface area contributed by atoms with Gasteiger partial charge in [-0.15, -0.1) is 34.2 Å². The third-order valence-corrected chi connectivity index (χ3v) is 6.44. The molecular formula is C26H36IN7. The molecule has 4 rings (SSSR count). The number of hydrogen-bond acceptors (Lipinski definition) is 4. The van der Waals surface area contributed by atoms with Crippen LogP contribution in [-0.2, 0) is 13.6 Å². The number of aromatic nitrogens is 3. The summed E-state index contributed by atoms with van der Waals surface area (Å²) in [6.45, 7) is 7.65. The molecule has 2 N–H and O–H groups in total. The Bertz CT molecular complexity index is 1030. The van der Waals surface area contributed by atoms with E-state index < -0.39 is 0 Å². The summed E-state index contributed by atoms with van der Waals surface area (Å²) in [4.78, 5) is 7.45. The molecule has 1 aliphatic rings. The molecule has 0 amide bonds. The normalized spacial score (nSPS) is 16.0. The molecule has 0 spiro atoms. The van der Waals surface area contributed by atoms with Crippen LogP contribution in [0.25, 0.3) is 0 Å². The topological polar surface area (TPSA) is 70.4 Å². The second-order valence-electron chi connectivity index (χ2n) is 8.71. The van der Waals surface area contributed by atoms with Gasteiger partial charge < -0.3 is 15.2 Å². The van der Waals surface area contributed by atoms with E-state index >= 15 is 0 Å². The van der Waals surface area contributed by atoms with Crippen LogP contribution < -0.4 is 10.6 Å². The van der Waals surface area contributed by atoms with Crippen molar-refractivity contribution >= 4 is 29.9 Å². The summed E-state index contributed by atoms with van der Waals surface area (Å²) >= 11 is 0. The maximum Gasteiger partial charge on any atom is 0.192 e. The van der Waals surface area contributed by atoms with Gasteiger partial charge in [0.25, 0.3) is 0 Å². The van der Waals surface area contributed by atoms with E-state index in [1.807, 2.05) is 24.6 Å². The van der Waals surface area contributed by atoms with Crippen molar-refractivity contribution in [3.63, 3.8) is 0 Å². The molecule has 2 heterocycles. The van der Waals surface area contributed by atoms with Crippen LogP contribution in [0.5, 0.6) is 0 Å². The van der Waals surface area contributed by atoms with Crippen LogP contribution in [0.1, 0.15) is 54.6 Å². The number of nitrogens with one attached hydrogen (secondary N) is 2. The molecular weight excluding hydrogens is 537 g/mol. The summed E-state index contributed by atoms with van der Waals surface area (Å²) in [7, 11) is 1.98. The average Bonchev–Trinajstić information content (AvgIpc) is 3.49. The summed E-state index contributed by atoms with van der Waals surface area (Å²) in [5.41, 5.74) is 2.56. The Hall–Kier alpha value is -2.46. The van der Waals surface area contributed by atoms with Crippen LogP contribution in [0.15, 0.2) is 65.7 Å². The Labute approximate surface area is 220 Å². The maximum atomic E-state index is 4.88. The number of hydrogen-bond donors (Lipinski definition) is 2. The Morgan fingerprint density at radius 1 is 0.971 bits per heavy atom. The molecule has 2 aromatic carbocycles. The number of benzene rings is 2. The molecule has 8 heteroatoms. The monoisotopic (exact) mass is 573 g/mol. The third kappa shape index (κ3) is 6.79. The van der Waals surface area contributed by atoms with E-state index in [0.717, 1.165) is 37.2 Å². The first-order valence-corrected chi connectivity index (χ1v) is 11.9. The Kier molecular flexibility index (Phi) is 9.88. The second-order valence-corrected chi connectivity index (χ2v) is 8.71. The van der Waals surface area contributed by atoms with Crippen molar-refractivity contribution in [2.24, 2.45) is 12.0 Å². The van der Waals surface area contributed by atoms with Gasteiger partial charge >= 0.3 is 0 Å². The number of rotatable bonds is 8. The number of nitrogens with zero attached hydrogens (tertiary/aromatic N) is 5. The van der Waals surface area contributed by atoms with Crippen LogP contribution in [0.4, 0.5) is 0 Å². The van der Waals surface area contributed by atoms with Crippen LogP contribution in [-0.4, -0.2) is 45.3 Å². The highest BCUT2D eigenvalue weighted by atomic mass is 127. The zero-order valence-electron chi connectivity index (χ0n) is 20.3. The zero-order valence-corrected chi connectivity index (χ0v) is 22.6. The number of aryl methyl sites for hydroxylation is 1. The van der Waals surface area contributed by atoms with E-state index in [9.17, 15) is 0 Å². The lowest BCUT2D eigenvalue weighted by Crippen LogP contribution is -2.43. The Balaban J connectivity index is 0.00000324. The third-order valence-electron chi connectivity index (χ3n) is 6.44. The molecule has 0 saturated carbocycles. The summed E-state index contributed by atoms with van der Waals surface area (Å²) in [6.07, 6.45) is 2.53. The van der Waals surface area contributed by atoms with Gasteiger partial charge in [0.1, 0.15) is 12.4 Å². The van der Waals surface area contributed by atoms with E-state index in [-0.39, 0.29) is 30.0 Å². The molecule has 1 aliphatic heterocycles. The molecule has 34 heavy (non-hydrogen) atoms. The van der Waals surface area contributed by atoms with Crippen LogP contribution in [0.2, 0.25) is 0 Å². The zero-order chi connectivity index (χ0) is 23.0. The molecule has 0 aliphatic carbocycles. The lowest BCUT2D eigenvalue weighted by molar-refractivity contribution is 0.245. The lowest BCUT2D eigenvalue weighted by Gasteiger charge is -2.29. The van der Waals surface area contributed by atoms with Crippen molar-refractivity contribution in [2.45, 2.75) is 45.3 Å². The first kappa shape index (κ1) is 26.2. The number of likely N-dealkylation sites (tertiary alicyclic amines) is 1. The van der Waals surface area contributed by atoms with Crippen molar-refractivity contribution in [3.05, 3.63) is 83.4 Å². The summed E-state index contributed by atoms with van der Waals surface area (Å²) < 4.78 is 1.98.